The Labute approximate surface area is 118 Å². The Morgan fingerprint density at radius 2 is 2.11 bits per heavy atom. The first-order valence-electron chi connectivity index (χ1n) is 5.65. The first kappa shape index (κ1) is 11.8. The lowest BCUT2D eigenvalue weighted by atomic mass is 10.2. The number of nitrogens with zero attached hydrogens (tertiary/aromatic N) is 3. The molecule has 0 atom stereocenters. The van der Waals surface area contributed by atoms with Gasteiger partial charge in [-0.25, -0.2) is 4.68 Å². The molecule has 1 heterocycles. The standard InChI is InChI=1S/C13H9BrClN3/c14-10-3-1-2-4-11(10)18-13(15)9(7-16)12(17-18)8-5-6-8/h1-4,8H,5-6H2. The largest absolute Gasteiger partial charge is 0.219 e. The number of aromatic nitrogens is 2. The molecule has 1 saturated carbocycles. The molecule has 1 fully saturated rings. The third-order valence-electron chi connectivity index (χ3n) is 3.01. The molecule has 0 amide bonds. The predicted octanol–water partition coefficient (Wildman–Crippen LogP) is 4.04. The number of benzene rings is 1. The van der Waals surface area contributed by atoms with E-state index in [0.717, 1.165) is 28.7 Å². The lowest BCUT2D eigenvalue weighted by molar-refractivity contribution is 0.834. The Hall–Kier alpha value is -1.31. The van der Waals surface area contributed by atoms with Crippen LogP contribution in [-0.2, 0) is 0 Å². The Kier molecular flexibility index (Phi) is 2.89. The van der Waals surface area contributed by atoms with Crippen LogP contribution in [0.1, 0.15) is 30.0 Å². The van der Waals surface area contributed by atoms with Crippen molar-refractivity contribution in [3.63, 3.8) is 0 Å². The second-order valence-electron chi connectivity index (χ2n) is 4.30. The maximum absolute atomic E-state index is 9.21. The van der Waals surface area contributed by atoms with E-state index in [1.807, 2.05) is 24.3 Å². The average Bonchev–Trinajstić information content (AvgIpc) is 3.15. The summed E-state index contributed by atoms with van der Waals surface area (Å²) in [5, 5.41) is 14.1. The van der Waals surface area contributed by atoms with Gasteiger partial charge >= 0.3 is 0 Å². The predicted molar refractivity (Wildman–Crippen MR) is 73.0 cm³/mol. The summed E-state index contributed by atoms with van der Waals surface area (Å²) in [6, 6.07) is 9.85. The van der Waals surface area contributed by atoms with E-state index >= 15 is 0 Å². The third-order valence-corrected chi connectivity index (χ3v) is 4.03. The van der Waals surface area contributed by atoms with Crippen LogP contribution in [0.25, 0.3) is 5.69 Å². The molecule has 0 aliphatic heterocycles. The highest BCUT2D eigenvalue weighted by Gasteiger charge is 2.32. The Bertz CT molecular complexity index is 653. The van der Waals surface area contributed by atoms with Gasteiger partial charge in [0.25, 0.3) is 0 Å². The van der Waals surface area contributed by atoms with E-state index < -0.39 is 0 Å². The topological polar surface area (TPSA) is 41.6 Å². The van der Waals surface area contributed by atoms with Gasteiger partial charge in [-0.2, -0.15) is 10.4 Å². The molecule has 3 rings (SSSR count). The molecule has 0 N–H and O–H groups in total. The zero-order chi connectivity index (χ0) is 12.7. The summed E-state index contributed by atoms with van der Waals surface area (Å²) in [6.07, 6.45) is 2.19. The van der Waals surface area contributed by atoms with E-state index in [4.69, 9.17) is 11.6 Å². The van der Waals surface area contributed by atoms with Gasteiger partial charge in [0.05, 0.1) is 11.4 Å². The first-order valence-corrected chi connectivity index (χ1v) is 6.83. The first-order chi connectivity index (χ1) is 8.72. The van der Waals surface area contributed by atoms with Crippen molar-refractivity contribution in [3.8, 4) is 11.8 Å². The summed E-state index contributed by atoms with van der Waals surface area (Å²) in [6.45, 7) is 0. The minimum atomic E-state index is 0.395. The number of rotatable bonds is 2. The van der Waals surface area contributed by atoms with Crippen molar-refractivity contribution in [2.45, 2.75) is 18.8 Å². The number of hydrogen-bond donors (Lipinski definition) is 0. The van der Waals surface area contributed by atoms with Crippen molar-refractivity contribution in [2.24, 2.45) is 0 Å². The van der Waals surface area contributed by atoms with Crippen LogP contribution in [0.3, 0.4) is 0 Å². The molecule has 0 radical (unpaired) electrons. The normalized spacial score (nSPS) is 14.5. The van der Waals surface area contributed by atoms with Gasteiger partial charge in [0.1, 0.15) is 11.6 Å². The van der Waals surface area contributed by atoms with E-state index in [2.05, 4.69) is 27.1 Å². The van der Waals surface area contributed by atoms with Crippen LogP contribution in [-0.4, -0.2) is 9.78 Å². The molecule has 0 bridgehead atoms. The number of para-hydroxylation sites is 1. The van der Waals surface area contributed by atoms with Crippen molar-refractivity contribution in [3.05, 3.63) is 45.1 Å². The zero-order valence-corrected chi connectivity index (χ0v) is 11.7. The van der Waals surface area contributed by atoms with Gasteiger partial charge < -0.3 is 0 Å². The minimum Gasteiger partial charge on any atom is -0.219 e. The molecule has 18 heavy (non-hydrogen) atoms. The van der Waals surface area contributed by atoms with Gasteiger partial charge in [-0.15, -0.1) is 0 Å². The SMILES string of the molecule is N#Cc1c(C2CC2)nn(-c2ccccc2Br)c1Cl. The molecule has 0 unspecified atom stereocenters. The fraction of sp³-hybridized carbons (Fsp3) is 0.231. The van der Waals surface area contributed by atoms with Gasteiger partial charge in [-0.3, -0.25) is 0 Å². The van der Waals surface area contributed by atoms with Crippen molar-refractivity contribution in [1.82, 2.24) is 9.78 Å². The molecule has 1 aromatic carbocycles. The molecule has 1 aromatic heterocycles. The molecule has 90 valence electrons. The summed E-state index contributed by atoms with van der Waals surface area (Å²) < 4.78 is 2.54. The summed E-state index contributed by atoms with van der Waals surface area (Å²) in [5.41, 5.74) is 2.19. The van der Waals surface area contributed by atoms with Crippen LogP contribution in [0.2, 0.25) is 5.15 Å². The third kappa shape index (κ3) is 1.84. The zero-order valence-electron chi connectivity index (χ0n) is 9.40. The number of nitriles is 1. The van der Waals surface area contributed by atoms with Crippen LogP contribution < -0.4 is 0 Å². The van der Waals surface area contributed by atoms with Crippen molar-refractivity contribution >= 4 is 27.5 Å². The quantitative estimate of drug-likeness (QED) is 0.837. The highest BCUT2D eigenvalue weighted by Crippen LogP contribution is 2.43. The van der Waals surface area contributed by atoms with Crippen LogP contribution in [0, 0.1) is 11.3 Å². The van der Waals surface area contributed by atoms with E-state index in [9.17, 15) is 5.26 Å². The smallest absolute Gasteiger partial charge is 0.151 e. The number of hydrogen-bond acceptors (Lipinski definition) is 2. The average molecular weight is 323 g/mol. The second-order valence-corrected chi connectivity index (χ2v) is 5.51. The molecule has 0 spiro atoms. The van der Waals surface area contributed by atoms with E-state index in [1.54, 1.807) is 4.68 Å². The van der Waals surface area contributed by atoms with Crippen LogP contribution in [0.15, 0.2) is 28.7 Å². The summed E-state index contributed by atoms with van der Waals surface area (Å²) in [4.78, 5) is 0. The molecular formula is C13H9BrClN3. The van der Waals surface area contributed by atoms with E-state index in [1.165, 1.54) is 0 Å². The Morgan fingerprint density at radius 3 is 2.72 bits per heavy atom. The van der Waals surface area contributed by atoms with Gasteiger partial charge in [0.2, 0.25) is 0 Å². The van der Waals surface area contributed by atoms with Crippen LogP contribution in [0.5, 0.6) is 0 Å². The van der Waals surface area contributed by atoms with Crippen molar-refractivity contribution in [1.29, 1.82) is 5.26 Å². The molecule has 0 saturated heterocycles. The molecular weight excluding hydrogens is 314 g/mol. The maximum atomic E-state index is 9.21. The molecule has 2 aromatic rings. The van der Waals surface area contributed by atoms with Crippen LogP contribution >= 0.6 is 27.5 Å². The van der Waals surface area contributed by atoms with E-state index in [0.29, 0.717) is 16.6 Å². The summed E-state index contributed by atoms with van der Waals surface area (Å²) in [7, 11) is 0. The lowest BCUT2D eigenvalue weighted by Gasteiger charge is -2.04. The van der Waals surface area contributed by atoms with Crippen molar-refractivity contribution in [2.75, 3.05) is 0 Å². The lowest BCUT2D eigenvalue weighted by Crippen LogP contribution is -1.98. The Balaban J connectivity index is 2.19. The van der Waals surface area contributed by atoms with E-state index in [-0.39, 0.29) is 0 Å². The maximum Gasteiger partial charge on any atom is 0.151 e. The van der Waals surface area contributed by atoms with Gasteiger partial charge in [0, 0.05) is 10.4 Å². The fourth-order valence-corrected chi connectivity index (χ4v) is 2.66. The minimum absolute atomic E-state index is 0.395. The monoisotopic (exact) mass is 321 g/mol. The van der Waals surface area contributed by atoms with Gasteiger partial charge in [-0.1, -0.05) is 23.7 Å². The Morgan fingerprint density at radius 1 is 1.39 bits per heavy atom. The molecule has 1 aliphatic carbocycles. The summed E-state index contributed by atoms with van der Waals surface area (Å²) in [5.74, 6) is 0.404. The molecule has 3 nitrogen and oxygen atoms in total. The van der Waals surface area contributed by atoms with Gasteiger partial charge in [-0.05, 0) is 40.9 Å². The number of halogens is 2. The highest BCUT2D eigenvalue weighted by molar-refractivity contribution is 9.10. The van der Waals surface area contributed by atoms with Crippen LogP contribution in [0.4, 0.5) is 0 Å². The van der Waals surface area contributed by atoms with Crippen molar-refractivity contribution < 1.29 is 0 Å². The second kappa shape index (κ2) is 4.42. The molecule has 5 heteroatoms. The summed E-state index contributed by atoms with van der Waals surface area (Å²) >= 11 is 9.74. The van der Waals surface area contributed by atoms with Gasteiger partial charge in [0.15, 0.2) is 5.15 Å². The highest BCUT2D eigenvalue weighted by atomic mass is 79.9. The molecule has 1 aliphatic rings. The fourth-order valence-electron chi connectivity index (χ4n) is 1.94.